The number of alkyl halides is 3. The Morgan fingerprint density at radius 3 is 2.54 bits per heavy atom. The molecule has 3 N–H and O–H groups in total. The number of likely N-dealkylation sites (tertiary alicyclic amines) is 1. The van der Waals surface area contributed by atoms with E-state index in [4.69, 9.17) is 10.8 Å². The van der Waals surface area contributed by atoms with Crippen LogP contribution in [0.2, 0.25) is 0 Å². The molecule has 2 aliphatic heterocycles. The van der Waals surface area contributed by atoms with Gasteiger partial charge in [-0.15, -0.1) is 11.8 Å². The zero-order valence-electron chi connectivity index (χ0n) is 20.9. The summed E-state index contributed by atoms with van der Waals surface area (Å²) in [5.74, 6) is 0.323. The molecule has 4 rings (SSSR count). The first kappa shape index (κ1) is 28.4. The lowest BCUT2D eigenvalue weighted by Gasteiger charge is -2.29. The number of β-amino-alcohol motifs (C(OH)–C–C–N with tert-alkyl or cyclic N) is 1. The summed E-state index contributed by atoms with van der Waals surface area (Å²) in [4.78, 5) is 2.28. The van der Waals surface area contributed by atoms with E-state index in [1.165, 1.54) is 22.9 Å². The second kappa shape index (κ2) is 11.6. The number of aliphatic hydroxyl groups excluding tert-OH is 1. The average Bonchev–Trinajstić information content (AvgIpc) is 3.19. The molecule has 1 atom stereocenters. The summed E-state index contributed by atoms with van der Waals surface area (Å²) in [5, 5.41) is 15.6. The number of thioether (sulfide) groups is 1. The average molecular weight is 562 g/mol. The molecular weight excluding hydrogens is 527 g/mol. The molecule has 0 amide bonds. The minimum atomic E-state index is -4.51. The molecule has 1 fully saturated rings. The smallest absolute Gasteiger partial charge is 0.390 e. The van der Waals surface area contributed by atoms with E-state index in [0.717, 1.165) is 55.7 Å². The highest BCUT2D eigenvalue weighted by Gasteiger charge is 2.35. The van der Waals surface area contributed by atoms with Crippen molar-refractivity contribution in [1.82, 2.24) is 19.0 Å². The number of rotatable bonds is 9. The standard InChI is InChI=1S/C24H34F3N5O3S2/c1-37(34,35)31-11-7-21-19(16-31)23(29-32(21)15-18(33)14-30-9-3-2-4-10-30)17-5-6-20(24(25,26)27)22(13-17)36-12-8-28/h5-6,13,18,33H,2-4,7-12,14-16,28H2,1H3. The van der Waals surface area contributed by atoms with Crippen LogP contribution < -0.4 is 5.73 Å². The van der Waals surface area contributed by atoms with Gasteiger partial charge in [-0.2, -0.15) is 22.6 Å². The van der Waals surface area contributed by atoms with E-state index < -0.39 is 27.9 Å². The number of piperidine rings is 1. The Labute approximate surface area is 220 Å². The van der Waals surface area contributed by atoms with E-state index in [2.05, 4.69) is 4.90 Å². The van der Waals surface area contributed by atoms with Crippen LogP contribution in [-0.2, 0) is 35.7 Å². The lowest BCUT2D eigenvalue weighted by Crippen LogP contribution is -2.39. The van der Waals surface area contributed by atoms with Gasteiger partial charge in [0, 0.05) is 60.1 Å². The molecule has 0 bridgehead atoms. The molecule has 1 unspecified atom stereocenters. The Hall–Kier alpha value is -1.64. The van der Waals surface area contributed by atoms with Crippen LogP contribution in [0.25, 0.3) is 11.3 Å². The summed E-state index contributed by atoms with van der Waals surface area (Å²) >= 11 is 1.03. The van der Waals surface area contributed by atoms with Crippen LogP contribution in [0.4, 0.5) is 13.2 Å². The molecule has 2 aliphatic rings. The molecule has 1 aromatic carbocycles. The maximum absolute atomic E-state index is 13.6. The Kier molecular flexibility index (Phi) is 8.91. The van der Waals surface area contributed by atoms with Gasteiger partial charge in [0.25, 0.3) is 0 Å². The van der Waals surface area contributed by atoms with Crippen molar-refractivity contribution < 1.29 is 26.7 Å². The van der Waals surface area contributed by atoms with E-state index in [1.54, 1.807) is 4.68 Å². The number of hydrogen-bond donors (Lipinski definition) is 2. The van der Waals surface area contributed by atoms with Crippen LogP contribution in [-0.4, -0.2) is 83.3 Å². The summed E-state index contributed by atoms with van der Waals surface area (Å²) in [6, 6.07) is 3.88. The number of aliphatic hydroxyl groups is 1. The van der Waals surface area contributed by atoms with Gasteiger partial charge in [-0.25, -0.2) is 8.42 Å². The zero-order valence-corrected chi connectivity index (χ0v) is 22.5. The summed E-state index contributed by atoms with van der Waals surface area (Å²) in [5.41, 5.74) is 7.19. The first-order chi connectivity index (χ1) is 17.5. The molecule has 206 valence electrons. The predicted molar refractivity (Wildman–Crippen MR) is 138 cm³/mol. The van der Waals surface area contributed by atoms with Gasteiger partial charge in [0.05, 0.1) is 30.2 Å². The van der Waals surface area contributed by atoms with Crippen LogP contribution in [0.3, 0.4) is 0 Å². The van der Waals surface area contributed by atoms with Crippen molar-refractivity contribution in [3.8, 4) is 11.3 Å². The topological polar surface area (TPSA) is 105 Å². The van der Waals surface area contributed by atoms with Gasteiger partial charge in [0.2, 0.25) is 10.0 Å². The van der Waals surface area contributed by atoms with Crippen molar-refractivity contribution in [1.29, 1.82) is 0 Å². The van der Waals surface area contributed by atoms with Crippen molar-refractivity contribution in [2.75, 3.05) is 44.7 Å². The van der Waals surface area contributed by atoms with Crippen molar-refractivity contribution in [3.63, 3.8) is 0 Å². The van der Waals surface area contributed by atoms with Gasteiger partial charge in [0.1, 0.15) is 0 Å². The largest absolute Gasteiger partial charge is 0.417 e. The first-order valence-corrected chi connectivity index (χ1v) is 15.3. The van der Waals surface area contributed by atoms with Crippen molar-refractivity contribution in [2.24, 2.45) is 5.73 Å². The minimum absolute atomic E-state index is 0.0552. The molecule has 8 nitrogen and oxygen atoms in total. The molecule has 1 saturated heterocycles. The van der Waals surface area contributed by atoms with Gasteiger partial charge in [-0.05, 0) is 38.1 Å². The molecule has 37 heavy (non-hydrogen) atoms. The monoisotopic (exact) mass is 561 g/mol. The van der Waals surface area contributed by atoms with Gasteiger partial charge in [0.15, 0.2) is 0 Å². The number of halogens is 3. The number of hydrogen-bond acceptors (Lipinski definition) is 7. The molecule has 0 saturated carbocycles. The Bertz CT molecular complexity index is 1200. The second-order valence-corrected chi connectivity index (χ2v) is 12.8. The molecule has 1 aromatic heterocycles. The lowest BCUT2D eigenvalue weighted by atomic mass is 10.0. The van der Waals surface area contributed by atoms with Crippen molar-refractivity contribution in [3.05, 3.63) is 35.0 Å². The maximum Gasteiger partial charge on any atom is 0.417 e. The summed E-state index contributed by atoms with van der Waals surface area (Å²) in [6.07, 6.45) is -0.239. The predicted octanol–water partition coefficient (Wildman–Crippen LogP) is 2.78. The molecule has 0 spiro atoms. The lowest BCUT2D eigenvalue weighted by molar-refractivity contribution is -0.139. The highest BCUT2D eigenvalue weighted by Crippen LogP contribution is 2.40. The van der Waals surface area contributed by atoms with E-state index >= 15 is 0 Å². The third kappa shape index (κ3) is 6.87. The van der Waals surface area contributed by atoms with Gasteiger partial charge in [-0.3, -0.25) is 4.68 Å². The Morgan fingerprint density at radius 2 is 1.89 bits per heavy atom. The number of sulfonamides is 1. The van der Waals surface area contributed by atoms with Crippen LogP contribution in [0.1, 0.15) is 36.1 Å². The summed E-state index contributed by atoms with van der Waals surface area (Å²) < 4.78 is 68.6. The number of nitrogens with two attached hydrogens (primary N) is 1. The minimum Gasteiger partial charge on any atom is -0.390 e. The summed E-state index contributed by atoms with van der Waals surface area (Å²) in [7, 11) is -3.47. The fraction of sp³-hybridized carbons (Fsp3) is 0.625. The van der Waals surface area contributed by atoms with E-state index in [-0.39, 0.29) is 31.1 Å². The SMILES string of the molecule is CS(=O)(=O)N1CCc2c(c(-c3ccc(C(F)(F)F)c(SCCN)c3)nn2CC(O)CN2CCCCC2)C1. The van der Waals surface area contributed by atoms with Gasteiger partial charge < -0.3 is 15.7 Å². The fourth-order valence-corrected chi connectivity index (χ4v) is 6.70. The Morgan fingerprint density at radius 1 is 1.16 bits per heavy atom. The third-order valence-corrected chi connectivity index (χ3v) is 9.14. The maximum atomic E-state index is 13.6. The molecule has 13 heteroatoms. The molecule has 2 aromatic rings. The number of fused-ring (bicyclic) bond motifs is 1. The number of benzene rings is 1. The second-order valence-electron chi connectivity index (χ2n) is 9.66. The zero-order chi connectivity index (χ0) is 26.8. The van der Waals surface area contributed by atoms with Gasteiger partial charge >= 0.3 is 6.18 Å². The third-order valence-electron chi connectivity index (χ3n) is 6.81. The quantitative estimate of drug-likeness (QED) is 0.454. The molecule has 3 heterocycles. The molecule has 0 aliphatic carbocycles. The van der Waals surface area contributed by atoms with Crippen LogP contribution in [0, 0.1) is 0 Å². The van der Waals surface area contributed by atoms with Gasteiger partial charge in [-0.1, -0.05) is 12.5 Å². The van der Waals surface area contributed by atoms with Crippen LogP contribution in [0.15, 0.2) is 23.1 Å². The van der Waals surface area contributed by atoms with E-state index in [1.807, 2.05) is 0 Å². The Balaban J connectivity index is 1.70. The van der Waals surface area contributed by atoms with E-state index in [9.17, 15) is 26.7 Å². The van der Waals surface area contributed by atoms with E-state index in [0.29, 0.717) is 35.5 Å². The highest BCUT2D eigenvalue weighted by molar-refractivity contribution is 7.99. The fourth-order valence-electron chi connectivity index (χ4n) is 5.02. The van der Waals surface area contributed by atoms with Crippen molar-refractivity contribution >= 4 is 21.8 Å². The number of aromatic nitrogens is 2. The summed E-state index contributed by atoms with van der Waals surface area (Å²) in [6.45, 7) is 3.22. The van der Waals surface area contributed by atoms with Crippen LogP contribution >= 0.6 is 11.8 Å². The highest BCUT2D eigenvalue weighted by atomic mass is 32.2. The normalized spacial score (nSPS) is 18.6. The number of nitrogens with zero attached hydrogens (tertiary/aromatic N) is 4. The molecular formula is C24H34F3N5O3S2. The molecule has 0 radical (unpaired) electrons. The first-order valence-electron chi connectivity index (χ1n) is 12.5. The van der Waals surface area contributed by atoms with Crippen LogP contribution in [0.5, 0.6) is 0 Å². The van der Waals surface area contributed by atoms with Crippen molar-refractivity contribution in [2.45, 2.75) is 55.9 Å².